The summed E-state index contributed by atoms with van der Waals surface area (Å²) in [6.07, 6.45) is 2.79. The first kappa shape index (κ1) is 10.6. The molecule has 0 aliphatic heterocycles. The van der Waals surface area contributed by atoms with Gasteiger partial charge in [-0.2, -0.15) is 5.10 Å². The second-order valence-corrected chi connectivity index (χ2v) is 2.49. The van der Waals surface area contributed by atoms with Gasteiger partial charge in [-0.1, -0.05) is 0 Å². The van der Waals surface area contributed by atoms with Gasteiger partial charge in [0.2, 0.25) is 5.96 Å². The molecule has 15 heavy (non-hydrogen) atoms. The Morgan fingerprint density at radius 1 is 1.40 bits per heavy atom. The first-order valence-corrected chi connectivity index (χ1v) is 3.89. The molecule has 0 aliphatic rings. The number of aromatic nitrogens is 2. The van der Waals surface area contributed by atoms with Gasteiger partial charge >= 0.3 is 0 Å². The molecule has 7 N–H and O–H groups in total. The average molecular weight is 206 g/mol. The van der Waals surface area contributed by atoms with E-state index in [4.69, 9.17) is 22.6 Å². The maximum Gasteiger partial charge on any atom is 0.211 e. The zero-order chi connectivity index (χ0) is 11.3. The van der Waals surface area contributed by atoms with Gasteiger partial charge in [0.05, 0.1) is 11.9 Å². The number of nitrogen functional groups attached to an aromatic ring is 1. The normalized spacial score (nSPS) is 10.1. The first-order chi connectivity index (χ1) is 7.09. The van der Waals surface area contributed by atoms with Crippen molar-refractivity contribution in [3.8, 4) is 0 Å². The monoisotopic (exact) mass is 206 g/mol. The number of hydrogen-bond acceptors (Lipinski definition) is 5. The maximum absolute atomic E-state index is 7.12. The lowest BCUT2D eigenvalue weighted by atomic mass is 10.4. The SMILES string of the molecule is N=C(N)c1nccc(/C=N/N=C(N)N)n1. The number of rotatable bonds is 3. The molecule has 0 saturated carbocycles. The predicted molar refractivity (Wildman–Crippen MR) is 56.5 cm³/mol. The van der Waals surface area contributed by atoms with Gasteiger partial charge in [-0.15, -0.1) is 5.10 Å². The van der Waals surface area contributed by atoms with Crippen LogP contribution in [-0.4, -0.2) is 28.0 Å². The van der Waals surface area contributed by atoms with Crippen LogP contribution in [0.25, 0.3) is 0 Å². The molecule has 0 atom stereocenters. The maximum atomic E-state index is 7.12. The molecule has 8 nitrogen and oxygen atoms in total. The van der Waals surface area contributed by atoms with Gasteiger partial charge in [0.1, 0.15) is 0 Å². The zero-order valence-electron chi connectivity index (χ0n) is 7.75. The highest BCUT2D eigenvalue weighted by atomic mass is 15.3. The smallest absolute Gasteiger partial charge is 0.211 e. The van der Waals surface area contributed by atoms with E-state index in [9.17, 15) is 0 Å². The van der Waals surface area contributed by atoms with Crippen LogP contribution in [0.4, 0.5) is 0 Å². The van der Waals surface area contributed by atoms with E-state index in [-0.39, 0.29) is 17.6 Å². The average Bonchev–Trinajstić information content (AvgIpc) is 2.17. The van der Waals surface area contributed by atoms with Crippen LogP contribution in [0.5, 0.6) is 0 Å². The summed E-state index contributed by atoms with van der Waals surface area (Å²) in [5, 5.41) is 14.1. The third kappa shape index (κ3) is 3.38. The van der Waals surface area contributed by atoms with Crippen molar-refractivity contribution in [3.63, 3.8) is 0 Å². The van der Waals surface area contributed by atoms with Crippen molar-refractivity contribution < 1.29 is 0 Å². The van der Waals surface area contributed by atoms with Crippen molar-refractivity contribution in [1.82, 2.24) is 9.97 Å². The third-order valence-electron chi connectivity index (χ3n) is 1.28. The molecular formula is C7H10N8. The molecule has 0 aliphatic carbocycles. The molecule has 0 fully saturated rings. The van der Waals surface area contributed by atoms with Crippen LogP contribution in [0.2, 0.25) is 0 Å². The van der Waals surface area contributed by atoms with Gasteiger partial charge in [-0.25, -0.2) is 9.97 Å². The van der Waals surface area contributed by atoms with E-state index in [1.807, 2.05) is 0 Å². The Balaban J connectivity index is 2.87. The summed E-state index contributed by atoms with van der Waals surface area (Å²) in [6, 6.07) is 1.58. The van der Waals surface area contributed by atoms with Crippen LogP contribution in [0.15, 0.2) is 22.5 Å². The Labute approximate surface area is 85.4 Å². The zero-order valence-corrected chi connectivity index (χ0v) is 7.75. The Bertz CT molecular complexity index is 417. The minimum Gasteiger partial charge on any atom is -0.381 e. The number of hydrogen-bond donors (Lipinski definition) is 4. The van der Waals surface area contributed by atoms with Gasteiger partial charge in [-0.3, -0.25) is 5.41 Å². The van der Waals surface area contributed by atoms with Crippen molar-refractivity contribution in [2.24, 2.45) is 27.4 Å². The molecule has 0 unspecified atom stereocenters. The highest BCUT2D eigenvalue weighted by Gasteiger charge is 1.99. The highest BCUT2D eigenvalue weighted by Crippen LogP contribution is 1.91. The first-order valence-electron chi connectivity index (χ1n) is 3.89. The molecule has 1 heterocycles. The van der Waals surface area contributed by atoms with Crippen molar-refractivity contribution in [3.05, 3.63) is 23.8 Å². The standard InChI is InChI=1S/C7H10N8/c8-5(9)6-12-2-1-4(14-6)3-13-15-7(10)11/h1-3H,(H3,8,9)(H4,10,11,15)/b13-3+. The van der Waals surface area contributed by atoms with Gasteiger partial charge in [0.25, 0.3) is 0 Å². The van der Waals surface area contributed by atoms with Crippen molar-refractivity contribution in [1.29, 1.82) is 5.41 Å². The van der Waals surface area contributed by atoms with Gasteiger partial charge in [-0.05, 0) is 6.07 Å². The summed E-state index contributed by atoms with van der Waals surface area (Å²) >= 11 is 0. The van der Waals surface area contributed by atoms with Crippen LogP contribution < -0.4 is 17.2 Å². The van der Waals surface area contributed by atoms with Crippen LogP contribution in [-0.2, 0) is 0 Å². The molecule has 0 bridgehead atoms. The molecular weight excluding hydrogens is 196 g/mol. The molecule has 78 valence electrons. The largest absolute Gasteiger partial charge is 0.381 e. The highest BCUT2D eigenvalue weighted by molar-refractivity contribution is 5.92. The Morgan fingerprint density at radius 2 is 2.13 bits per heavy atom. The second-order valence-electron chi connectivity index (χ2n) is 2.49. The van der Waals surface area contributed by atoms with Gasteiger partial charge in [0.15, 0.2) is 11.7 Å². The van der Waals surface area contributed by atoms with E-state index in [1.54, 1.807) is 6.07 Å². The molecule has 1 aromatic rings. The topological polar surface area (TPSA) is 152 Å². The van der Waals surface area contributed by atoms with Gasteiger partial charge < -0.3 is 17.2 Å². The van der Waals surface area contributed by atoms with Crippen LogP contribution >= 0.6 is 0 Å². The minimum absolute atomic E-state index is 0.128. The molecule has 8 heteroatoms. The summed E-state index contributed by atoms with van der Waals surface area (Å²) in [5.41, 5.74) is 15.8. The van der Waals surface area contributed by atoms with Crippen LogP contribution in [0.3, 0.4) is 0 Å². The van der Waals surface area contributed by atoms with Crippen molar-refractivity contribution in [2.75, 3.05) is 0 Å². The number of nitrogens with two attached hydrogens (primary N) is 3. The molecule has 0 amide bonds. The van der Waals surface area contributed by atoms with E-state index in [2.05, 4.69) is 20.2 Å². The summed E-state index contributed by atoms with van der Waals surface area (Å²) in [6.45, 7) is 0. The van der Waals surface area contributed by atoms with E-state index in [0.717, 1.165) is 0 Å². The summed E-state index contributed by atoms with van der Waals surface area (Å²) in [5.74, 6) is -0.233. The van der Waals surface area contributed by atoms with E-state index >= 15 is 0 Å². The third-order valence-corrected chi connectivity index (χ3v) is 1.28. The minimum atomic E-state index is -0.216. The molecule has 1 rings (SSSR count). The number of nitrogens with zero attached hydrogens (tertiary/aromatic N) is 4. The molecule has 0 spiro atoms. The van der Waals surface area contributed by atoms with E-state index in [1.165, 1.54) is 12.4 Å². The lowest BCUT2D eigenvalue weighted by molar-refractivity contribution is 1.10. The van der Waals surface area contributed by atoms with Crippen LogP contribution in [0.1, 0.15) is 11.5 Å². The Kier molecular flexibility index (Phi) is 3.28. The fourth-order valence-electron chi connectivity index (χ4n) is 0.729. The Morgan fingerprint density at radius 3 is 2.73 bits per heavy atom. The number of amidine groups is 1. The summed E-state index contributed by atoms with van der Waals surface area (Å²) < 4.78 is 0. The molecule has 1 aromatic heterocycles. The number of nitrogens with one attached hydrogen (secondary N) is 1. The Hall–Kier alpha value is -2.51. The molecule has 0 radical (unpaired) electrons. The quantitative estimate of drug-likeness (QED) is 0.265. The molecule has 0 aromatic carbocycles. The van der Waals surface area contributed by atoms with E-state index in [0.29, 0.717) is 5.69 Å². The van der Waals surface area contributed by atoms with Crippen molar-refractivity contribution in [2.45, 2.75) is 0 Å². The van der Waals surface area contributed by atoms with Crippen LogP contribution in [0, 0.1) is 5.41 Å². The lowest BCUT2D eigenvalue weighted by Gasteiger charge is -1.96. The fraction of sp³-hybridized carbons (Fsp3) is 0. The van der Waals surface area contributed by atoms with E-state index < -0.39 is 0 Å². The van der Waals surface area contributed by atoms with Crippen molar-refractivity contribution >= 4 is 18.0 Å². The molecule has 0 saturated heterocycles. The summed E-state index contributed by atoms with van der Waals surface area (Å²) in [7, 11) is 0. The summed E-state index contributed by atoms with van der Waals surface area (Å²) in [4.78, 5) is 7.68. The van der Waals surface area contributed by atoms with Gasteiger partial charge in [0, 0.05) is 6.20 Å². The second kappa shape index (κ2) is 4.65. The fourth-order valence-corrected chi connectivity index (χ4v) is 0.729. The lowest BCUT2D eigenvalue weighted by Crippen LogP contribution is -2.21. The predicted octanol–water partition coefficient (Wildman–Crippen LogP) is -1.63. The number of guanidine groups is 1.